The Labute approximate surface area is 124 Å². The molecule has 1 aromatic heterocycles. The third kappa shape index (κ3) is 2.84. The molecule has 0 saturated heterocycles. The second kappa shape index (κ2) is 6.12. The molecule has 4 heteroatoms. The largest absolute Gasteiger partial charge is 0.493 e. The summed E-state index contributed by atoms with van der Waals surface area (Å²) in [5.74, 6) is 1.38. The lowest BCUT2D eigenvalue weighted by Gasteiger charge is -2.11. The van der Waals surface area contributed by atoms with Crippen LogP contribution >= 0.6 is 0 Å². The molecule has 21 heavy (non-hydrogen) atoms. The van der Waals surface area contributed by atoms with Gasteiger partial charge in [0, 0.05) is 5.56 Å². The number of ether oxygens (including phenoxy) is 1. The first-order valence-electron chi connectivity index (χ1n) is 7.64. The van der Waals surface area contributed by atoms with Crippen molar-refractivity contribution < 1.29 is 4.74 Å². The summed E-state index contributed by atoms with van der Waals surface area (Å²) in [6, 6.07) is 7.70. The maximum absolute atomic E-state index is 12.3. The summed E-state index contributed by atoms with van der Waals surface area (Å²) in [5.41, 5.74) is 2.68. The first-order chi connectivity index (χ1) is 10.3. The van der Waals surface area contributed by atoms with Gasteiger partial charge >= 0.3 is 0 Å². The highest BCUT2D eigenvalue weighted by atomic mass is 16.5. The lowest BCUT2D eigenvalue weighted by Crippen LogP contribution is -2.18. The minimum atomic E-state index is 0.00296. The Morgan fingerprint density at radius 1 is 1.19 bits per heavy atom. The van der Waals surface area contributed by atoms with Gasteiger partial charge in [-0.1, -0.05) is 18.6 Å². The lowest BCUT2D eigenvalue weighted by atomic mass is 10.1. The van der Waals surface area contributed by atoms with Crippen molar-refractivity contribution in [1.29, 1.82) is 0 Å². The Bertz CT molecular complexity index is 691. The predicted molar refractivity (Wildman–Crippen MR) is 82.7 cm³/mol. The topological polar surface area (TPSA) is 55.0 Å². The van der Waals surface area contributed by atoms with E-state index in [1.807, 2.05) is 31.2 Å². The molecule has 1 heterocycles. The van der Waals surface area contributed by atoms with Gasteiger partial charge < -0.3 is 9.72 Å². The molecular weight excluding hydrogens is 264 g/mol. The van der Waals surface area contributed by atoms with Crippen LogP contribution in [0.1, 0.15) is 37.4 Å². The molecule has 110 valence electrons. The molecule has 1 aliphatic rings. The Kier molecular flexibility index (Phi) is 4.04. The number of rotatable bonds is 3. The fourth-order valence-electron chi connectivity index (χ4n) is 2.85. The molecule has 2 aromatic rings. The molecule has 1 N–H and O–H groups in total. The summed E-state index contributed by atoms with van der Waals surface area (Å²) in [6.07, 6.45) is 5.08. The molecule has 0 fully saturated rings. The normalized spacial score (nSPS) is 14.3. The number of H-pyrrole nitrogens is 1. The highest BCUT2D eigenvalue weighted by Gasteiger charge is 2.16. The van der Waals surface area contributed by atoms with Crippen molar-refractivity contribution in [2.45, 2.75) is 39.0 Å². The Morgan fingerprint density at radius 3 is 2.86 bits per heavy atom. The molecule has 0 saturated carbocycles. The standard InChI is InChI=1S/C17H20N2O2/c1-2-21-15-11-7-6-9-13(15)16-18-14-10-5-3-4-8-12(14)17(20)19-16/h6-7,9,11H,2-5,8,10H2,1H3,(H,18,19,20). The van der Waals surface area contributed by atoms with Gasteiger partial charge in [0.05, 0.1) is 17.9 Å². The van der Waals surface area contributed by atoms with Crippen LogP contribution in [0.2, 0.25) is 0 Å². The van der Waals surface area contributed by atoms with Gasteiger partial charge in [-0.05, 0) is 44.7 Å². The second-order valence-corrected chi connectivity index (χ2v) is 5.33. The smallest absolute Gasteiger partial charge is 0.254 e. The van der Waals surface area contributed by atoms with Gasteiger partial charge in [-0.3, -0.25) is 4.79 Å². The van der Waals surface area contributed by atoms with Gasteiger partial charge in [0.2, 0.25) is 0 Å². The number of aromatic nitrogens is 2. The third-order valence-corrected chi connectivity index (χ3v) is 3.88. The molecule has 0 unspecified atom stereocenters. The zero-order chi connectivity index (χ0) is 14.7. The number of para-hydroxylation sites is 1. The van der Waals surface area contributed by atoms with Crippen LogP contribution < -0.4 is 10.3 Å². The van der Waals surface area contributed by atoms with Crippen LogP contribution in [-0.2, 0) is 12.8 Å². The zero-order valence-electron chi connectivity index (χ0n) is 12.3. The van der Waals surface area contributed by atoms with E-state index in [-0.39, 0.29) is 5.56 Å². The highest BCUT2D eigenvalue weighted by molar-refractivity contribution is 5.64. The third-order valence-electron chi connectivity index (χ3n) is 3.88. The summed E-state index contributed by atoms with van der Waals surface area (Å²) < 4.78 is 5.64. The first kappa shape index (κ1) is 13.9. The number of nitrogens with one attached hydrogen (secondary N) is 1. The molecule has 0 bridgehead atoms. The van der Waals surface area contributed by atoms with Crippen LogP contribution in [0.25, 0.3) is 11.4 Å². The number of fused-ring (bicyclic) bond motifs is 1. The summed E-state index contributed by atoms with van der Waals surface area (Å²) in [7, 11) is 0. The Hall–Kier alpha value is -2.10. The fraction of sp³-hybridized carbons (Fsp3) is 0.412. The number of aromatic amines is 1. The first-order valence-corrected chi connectivity index (χ1v) is 7.64. The van der Waals surface area contributed by atoms with Gasteiger partial charge in [0.1, 0.15) is 11.6 Å². The van der Waals surface area contributed by atoms with Crippen LogP contribution in [0.5, 0.6) is 5.75 Å². The predicted octanol–water partition coefficient (Wildman–Crippen LogP) is 3.10. The van der Waals surface area contributed by atoms with E-state index in [2.05, 4.69) is 4.98 Å². The molecular formula is C17H20N2O2. The van der Waals surface area contributed by atoms with Crippen LogP contribution in [-0.4, -0.2) is 16.6 Å². The van der Waals surface area contributed by atoms with Crippen molar-refractivity contribution in [3.05, 3.63) is 45.9 Å². The fourth-order valence-corrected chi connectivity index (χ4v) is 2.85. The van der Waals surface area contributed by atoms with E-state index in [0.29, 0.717) is 12.4 Å². The van der Waals surface area contributed by atoms with E-state index in [9.17, 15) is 4.79 Å². The SMILES string of the molecule is CCOc1ccccc1-c1nc2c(c(=O)[nH]1)CCCCC2. The Balaban J connectivity index is 2.10. The zero-order valence-corrected chi connectivity index (χ0v) is 12.3. The summed E-state index contributed by atoms with van der Waals surface area (Å²) in [5, 5.41) is 0. The van der Waals surface area contributed by atoms with Crippen LogP contribution in [0.3, 0.4) is 0 Å². The van der Waals surface area contributed by atoms with E-state index in [1.165, 1.54) is 6.42 Å². The maximum atomic E-state index is 12.3. The van der Waals surface area contributed by atoms with Gasteiger partial charge in [-0.25, -0.2) is 4.98 Å². The summed E-state index contributed by atoms with van der Waals surface area (Å²) >= 11 is 0. The molecule has 1 aromatic carbocycles. The van der Waals surface area contributed by atoms with E-state index in [1.54, 1.807) is 0 Å². The van der Waals surface area contributed by atoms with Crippen LogP contribution in [0, 0.1) is 0 Å². The van der Waals surface area contributed by atoms with Crippen molar-refractivity contribution in [2.75, 3.05) is 6.61 Å². The van der Waals surface area contributed by atoms with Gasteiger partial charge in [-0.2, -0.15) is 0 Å². The molecule has 4 nitrogen and oxygen atoms in total. The summed E-state index contributed by atoms with van der Waals surface area (Å²) in [4.78, 5) is 20.0. The van der Waals surface area contributed by atoms with Gasteiger partial charge in [-0.15, -0.1) is 0 Å². The van der Waals surface area contributed by atoms with E-state index < -0.39 is 0 Å². The van der Waals surface area contributed by atoms with E-state index in [0.717, 1.165) is 48.3 Å². The van der Waals surface area contributed by atoms with Crippen LogP contribution in [0.4, 0.5) is 0 Å². The van der Waals surface area contributed by atoms with E-state index in [4.69, 9.17) is 9.72 Å². The number of nitrogens with zero attached hydrogens (tertiary/aromatic N) is 1. The van der Waals surface area contributed by atoms with Crippen molar-refractivity contribution in [2.24, 2.45) is 0 Å². The monoisotopic (exact) mass is 284 g/mol. The number of hydrogen-bond acceptors (Lipinski definition) is 3. The molecule has 1 aliphatic carbocycles. The van der Waals surface area contributed by atoms with Gasteiger partial charge in [0.25, 0.3) is 5.56 Å². The molecule has 0 atom stereocenters. The van der Waals surface area contributed by atoms with Crippen molar-refractivity contribution in [1.82, 2.24) is 9.97 Å². The number of hydrogen-bond donors (Lipinski definition) is 1. The Morgan fingerprint density at radius 2 is 2.00 bits per heavy atom. The van der Waals surface area contributed by atoms with Crippen LogP contribution in [0.15, 0.2) is 29.1 Å². The number of benzene rings is 1. The molecule has 0 aliphatic heterocycles. The molecule has 0 spiro atoms. The average molecular weight is 284 g/mol. The quantitative estimate of drug-likeness (QED) is 0.881. The highest BCUT2D eigenvalue weighted by Crippen LogP contribution is 2.27. The van der Waals surface area contributed by atoms with Crippen molar-refractivity contribution in [3.8, 4) is 17.1 Å². The molecule has 3 rings (SSSR count). The lowest BCUT2D eigenvalue weighted by molar-refractivity contribution is 0.341. The second-order valence-electron chi connectivity index (χ2n) is 5.33. The number of aryl methyl sites for hydroxylation is 1. The van der Waals surface area contributed by atoms with E-state index >= 15 is 0 Å². The maximum Gasteiger partial charge on any atom is 0.254 e. The minimum absolute atomic E-state index is 0.00296. The summed E-state index contributed by atoms with van der Waals surface area (Å²) in [6.45, 7) is 2.54. The average Bonchev–Trinajstić information content (AvgIpc) is 2.74. The van der Waals surface area contributed by atoms with Crippen molar-refractivity contribution in [3.63, 3.8) is 0 Å². The van der Waals surface area contributed by atoms with Crippen molar-refractivity contribution >= 4 is 0 Å². The molecule has 0 amide bonds. The van der Waals surface area contributed by atoms with Gasteiger partial charge in [0.15, 0.2) is 0 Å². The minimum Gasteiger partial charge on any atom is -0.493 e. The molecule has 0 radical (unpaired) electrons.